The third-order valence-corrected chi connectivity index (χ3v) is 14.5. The van der Waals surface area contributed by atoms with Gasteiger partial charge in [0, 0.05) is 34.1 Å². The van der Waals surface area contributed by atoms with Crippen LogP contribution < -0.4 is 19.3 Å². The van der Waals surface area contributed by atoms with Crippen molar-refractivity contribution < 1.29 is 9.47 Å². The summed E-state index contributed by atoms with van der Waals surface area (Å²) in [4.78, 5) is 4.65. The Balaban J connectivity index is 0.907. The number of ether oxygens (including phenoxy) is 2. The topological polar surface area (TPSA) is 24.9 Å². The molecule has 0 fully saturated rings. The molecule has 0 N–H and O–H groups in total. The van der Waals surface area contributed by atoms with Crippen LogP contribution in [0.4, 0.5) is 34.1 Å². The molecule has 11 aromatic rings. The standard InChI is InChI=1S/C67H44N2O2/c1-4-17-45(18-5-1)46-31-35-50(36-32-46)69(53-41-39-52(40-42-53)68(48-19-6-2-7-20-48)49-21-8-3-9-22-49)51-37-33-47(34-38-51)54-25-16-28-60-66(54)57-43-64-65(71-63-30-15-14-29-62(63)70-64)44-61(57)67(60)58-26-12-10-23-55(58)56-24-11-13-27-59(56)67/h1-44H. The predicted octanol–water partition coefficient (Wildman–Crippen LogP) is 18.2. The quantitative estimate of drug-likeness (QED) is 0.152. The number of benzene rings is 11. The molecule has 0 aromatic heterocycles. The van der Waals surface area contributed by atoms with Crippen molar-refractivity contribution >= 4 is 34.1 Å². The van der Waals surface area contributed by atoms with Crippen LogP contribution in [0.15, 0.2) is 267 Å². The molecule has 3 aliphatic rings. The third-order valence-electron chi connectivity index (χ3n) is 14.5. The molecule has 4 heteroatoms. The number of rotatable bonds is 8. The van der Waals surface area contributed by atoms with Crippen molar-refractivity contribution in [1.82, 2.24) is 0 Å². The fraction of sp³-hybridized carbons (Fsp3) is 0.0149. The Kier molecular flexibility index (Phi) is 9.39. The summed E-state index contributed by atoms with van der Waals surface area (Å²) in [5.41, 5.74) is 20.4. The van der Waals surface area contributed by atoms with E-state index in [-0.39, 0.29) is 0 Å². The molecule has 4 nitrogen and oxygen atoms in total. The second-order valence-electron chi connectivity index (χ2n) is 18.4. The van der Waals surface area contributed by atoms with Crippen molar-refractivity contribution in [2.45, 2.75) is 5.41 Å². The van der Waals surface area contributed by atoms with Crippen molar-refractivity contribution in [3.05, 3.63) is 289 Å². The summed E-state index contributed by atoms with van der Waals surface area (Å²) in [6, 6.07) is 95.7. The lowest BCUT2D eigenvalue weighted by Crippen LogP contribution is -2.26. The summed E-state index contributed by atoms with van der Waals surface area (Å²) in [7, 11) is 0. The molecule has 0 atom stereocenters. The summed E-state index contributed by atoms with van der Waals surface area (Å²) in [5.74, 6) is 2.87. The maximum Gasteiger partial charge on any atom is 0.170 e. The third kappa shape index (κ3) is 6.46. The Bertz CT molecular complexity index is 3710. The Hall–Kier alpha value is -9.38. The fourth-order valence-corrected chi connectivity index (χ4v) is 11.5. The van der Waals surface area contributed by atoms with Gasteiger partial charge in [-0.1, -0.05) is 170 Å². The lowest BCUT2D eigenvalue weighted by molar-refractivity contribution is 0.359. The average molecular weight is 909 g/mol. The Labute approximate surface area is 413 Å². The van der Waals surface area contributed by atoms with E-state index in [1.165, 1.54) is 50.1 Å². The van der Waals surface area contributed by atoms with E-state index < -0.39 is 5.41 Å². The van der Waals surface area contributed by atoms with Crippen molar-refractivity contribution in [3.63, 3.8) is 0 Å². The highest BCUT2D eigenvalue weighted by Crippen LogP contribution is 2.66. The summed E-state index contributed by atoms with van der Waals surface area (Å²) in [5, 5.41) is 0. The highest BCUT2D eigenvalue weighted by atomic mass is 16.6. The highest BCUT2D eigenvalue weighted by Gasteiger charge is 2.53. The maximum atomic E-state index is 6.66. The molecule has 0 saturated carbocycles. The summed E-state index contributed by atoms with van der Waals surface area (Å²) >= 11 is 0. The van der Waals surface area contributed by atoms with Crippen LogP contribution in [-0.2, 0) is 5.41 Å². The van der Waals surface area contributed by atoms with Crippen LogP contribution in [0, 0.1) is 0 Å². The van der Waals surface area contributed by atoms with Gasteiger partial charge in [0.25, 0.3) is 0 Å². The molecule has 0 saturated heterocycles. The van der Waals surface area contributed by atoms with E-state index in [0.29, 0.717) is 11.5 Å². The van der Waals surface area contributed by atoms with Crippen molar-refractivity contribution in [3.8, 4) is 67.5 Å². The maximum absolute atomic E-state index is 6.66. The molecular formula is C67H44N2O2. The van der Waals surface area contributed by atoms with E-state index in [1.807, 2.05) is 24.3 Å². The SMILES string of the molecule is c1ccc(-c2ccc(N(c3ccc(-c4cccc5c4-c4cc6c(cc4C54c5ccccc5-c5ccccc54)Oc4ccccc4O6)cc3)c3ccc(N(c4ccccc4)c4ccccc4)cc3)cc2)cc1. The zero-order chi connectivity index (χ0) is 46.9. The number of para-hydroxylation sites is 4. The molecule has 2 aliphatic carbocycles. The minimum Gasteiger partial charge on any atom is -0.450 e. The van der Waals surface area contributed by atoms with Crippen LogP contribution >= 0.6 is 0 Å². The predicted molar refractivity (Wildman–Crippen MR) is 290 cm³/mol. The molecule has 14 rings (SSSR count). The molecule has 1 aliphatic heterocycles. The Morgan fingerprint density at radius 1 is 0.239 bits per heavy atom. The summed E-state index contributed by atoms with van der Waals surface area (Å²) in [6.45, 7) is 0. The first-order valence-corrected chi connectivity index (χ1v) is 24.2. The monoisotopic (exact) mass is 908 g/mol. The minimum atomic E-state index is -0.561. The average Bonchev–Trinajstić information content (AvgIpc) is 3.90. The highest BCUT2D eigenvalue weighted by molar-refractivity contribution is 6.01. The second kappa shape index (κ2) is 16.4. The Morgan fingerprint density at radius 2 is 0.620 bits per heavy atom. The lowest BCUT2D eigenvalue weighted by atomic mass is 9.70. The van der Waals surface area contributed by atoms with Gasteiger partial charge in [0.1, 0.15) is 0 Å². The van der Waals surface area contributed by atoms with Crippen LogP contribution in [0.1, 0.15) is 22.3 Å². The van der Waals surface area contributed by atoms with Crippen molar-refractivity contribution in [2.75, 3.05) is 9.80 Å². The normalized spacial score (nSPS) is 12.8. The van der Waals surface area contributed by atoms with Gasteiger partial charge in [-0.2, -0.15) is 0 Å². The van der Waals surface area contributed by atoms with Gasteiger partial charge in [0.05, 0.1) is 5.41 Å². The van der Waals surface area contributed by atoms with Gasteiger partial charge in [-0.15, -0.1) is 0 Å². The molecule has 334 valence electrons. The second-order valence-corrected chi connectivity index (χ2v) is 18.4. The van der Waals surface area contributed by atoms with Crippen LogP contribution in [-0.4, -0.2) is 0 Å². The van der Waals surface area contributed by atoms with E-state index in [4.69, 9.17) is 9.47 Å². The van der Waals surface area contributed by atoms with Gasteiger partial charge >= 0.3 is 0 Å². The first-order valence-electron chi connectivity index (χ1n) is 24.2. The molecule has 0 unspecified atom stereocenters. The van der Waals surface area contributed by atoms with Gasteiger partial charge in [-0.05, 0) is 164 Å². The number of hydrogen-bond acceptors (Lipinski definition) is 4. The minimum absolute atomic E-state index is 0.561. The van der Waals surface area contributed by atoms with Gasteiger partial charge < -0.3 is 19.3 Å². The van der Waals surface area contributed by atoms with E-state index in [1.54, 1.807) is 0 Å². The van der Waals surface area contributed by atoms with E-state index in [0.717, 1.165) is 62.3 Å². The van der Waals surface area contributed by atoms with Crippen molar-refractivity contribution in [1.29, 1.82) is 0 Å². The van der Waals surface area contributed by atoms with Gasteiger partial charge in [-0.25, -0.2) is 0 Å². The first kappa shape index (κ1) is 40.7. The largest absolute Gasteiger partial charge is 0.450 e. The van der Waals surface area contributed by atoms with Crippen molar-refractivity contribution in [2.24, 2.45) is 0 Å². The van der Waals surface area contributed by atoms with E-state index >= 15 is 0 Å². The molecule has 71 heavy (non-hydrogen) atoms. The van der Waals surface area contributed by atoms with Crippen LogP contribution in [0.2, 0.25) is 0 Å². The van der Waals surface area contributed by atoms with Gasteiger partial charge in [0.2, 0.25) is 0 Å². The summed E-state index contributed by atoms with van der Waals surface area (Å²) in [6.07, 6.45) is 0. The zero-order valence-corrected chi connectivity index (χ0v) is 38.6. The molecule has 0 bridgehead atoms. The molecule has 0 radical (unpaired) electrons. The fourth-order valence-electron chi connectivity index (χ4n) is 11.5. The smallest absolute Gasteiger partial charge is 0.170 e. The van der Waals surface area contributed by atoms with Gasteiger partial charge in [0.15, 0.2) is 23.0 Å². The number of hydrogen-bond donors (Lipinski definition) is 0. The van der Waals surface area contributed by atoms with Gasteiger partial charge in [-0.3, -0.25) is 0 Å². The first-order chi connectivity index (χ1) is 35.2. The molecule has 0 amide bonds. The molecule has 1 spiro atoms. The Morgan fingerprint density at radius 3 is 1.15 bits per heavy atom. The van der Waals surface area contributed by atoms with Crippen LogP contribution in [0.5, 0.6) is 23.0 Å². The lowest BCUT2D eigenvalue weighted by Gasteiger charge is -2.31. The molecular weight excluding hydrogens is 865 g/mol. The number of nitrogens with zero attached hydrogens (tertiary/aromatic N) is 2. The molecule has 11 aromatic carbocycles. The number of fused-ring (bicyclic) bond motifs is 12. The zero-order valence-electron chi connectivity index (χ0n) is 38.6. The number of anilines is 6. The van der Waals surface area contributed by atoms with E-state index in [2.05, 4.69) is 252 Å². The summed E-state index contributed by atoms with van der Waals surface area (Å²) < 4.78 is 13.3. The van der Waals surface area contributed by atoms with E-state index in [9.17, 15) is 0 Å². The van der Waals surface area contributed by atoms with Crippen LogP contribution in [0.25, 0.3) is 44.5 Å². The van der Waals surface area contributed by atoms with Crippen LogP contribution in [0.3, 0.4) is 0 Å². The molecule has 1 heterocycles.